The van der Waals surface area contributed by atoms with Crippen molar-refractivity contribution in [3.05, 3.63) is 0 Å². The molecule has 2 unspecified atom stereocenters. The summed E-state index contributed by atoms with van der Waals surface area (Å²) >= 11 is 20.8. The number of halogens is 4. The number of hydrogen-bond donors (Lipinski definition) is 2. The zero-order valence-electron chi connectivity index (χ0n) is 4.72. The minimum Gasteiger partial charge on any atom is -0.387 e. The summed E-state index contributed by atoms with van der Waals surface area (Å²) in [7, 11) is 0. The van der Waals surface area contributed by atoms with E-state index in [1.54, 1.807) is 0 Å². The Bertz CT molecular complexity index is 85.3. The van der Waals surface area contributed by atoms with Crippen LogP contribution in [-0.2, 0) is 0 Å². The molecule has 0 aliphatic carbocycles. The maximum Gasteiger partial charge on any atom is 0.136 e. The first-order valence-electron chi connectivity index (χ1n) is 2.39. The fourth-order valence-electron chi connectivity index (χ4n) is 0.298. The fourth-order valence-corrected chi connectivity index (χ4v) is 0.894. The number of rotatable bonds is 3. The van der Waals surface area contributed by atoms with E-state index in [0.29, 0.717) is 0 Å². The molecule has 0 saturated carbocycles. The Hall–Kier alpha value is 1.08. The molecule has 0 rings (SSSR count). The third-order valence-corrected chi connectivity index (χ3v) is 1.90. The second-order valence-corrected chi connectivity index (χ2v) is 3.98. The van der Waals surface area contributed by atoms with Crippen LogP contribution in [0, 0.1) is 0 Å². The first-order chi connectivity index (χ1) is 4.46. The Labute approximate surface area is 78.6 Å². The number of aliphatic hydroxyl groups is 2. The highest BCUT2D eigenvalue weighted by Crippen LogP contribution is 2.18. The van der Waals surface area contributed by atoms with Gasteiger partial charge >= 0.3 is 0 Å². The average molecular weight is 228 g/mol. The largest absolute Gasteiger partial charge is 0.387 e. The normalized spacial score (nSPS) is 18.0. The Morgan fingerprint density at radius 2 is 0.900 bits per heavy atom. The molecule has 0 aromatic carbocycles. The highest BCUT2D eigenvalue weighted by atomic mass is 35.5. The van der Waals surface area contributed by atoms with Crippen LogP contribution in [0.4, 0.5) is 0 Å². The van der Waals surface area contributed by atoms with Crippen LogP contribution in [0.1, 0.15) is 0 Å². The highest BCUT2D eigenvalue weighted by molar-refractivity contribution is 6.46. The van der Waals surface area contributed by atoms with Crippen molar-refractivity contribution in [3.8, 4) is 0 Å². The van der Waals surface area contributed by atoms with E-state index >= 15 is 0 Å². The topological polar surface area (TPSA) is 40.5 Å². The van der Waals surface area contributed by atoms with E-state index in [4.69, 9.17) is 56.6 Å². The first-order valence-corrected chi connectivity index (χ1v) is 4.14. The van der Waals surface area contributed by atoms with Crippen molar-refractivity contribution >= 4 is 46.4 Å². The molecule has 0 radical (unpaired) electrons. The van der Waals surface area contributed by atoms with Crippen molar-refractivity contribution in [1.82, 2.24) is 0 Å². The van der Waals surface area contributed by atoms with Gasteiger partial charge in [0.1, 0.15) is 21.9 Å². The summed E-state index contributed by atoms with van der Waals surface area (Å²) in [5, 5.41) is 17.8. The first kappa shape index (κ1) is 11.1. The molecule has 10 heavy (non-hydrogen) atoms. The second-order valence-electron chi connectivity index (χ2n) is 1.65. The predicted molar refractivity (Wildman–Crippen MR) is 43.0 cm³/mol. The van der Waals surface area contributed by atoms with Gasteiger partial charge in [0.25, 0.3) is 0 Å². The maximum atomic E-state index is 8.88. The number of hydrogen-bond acceptors (Lipinski definition) is 2. The van der Waals surface area contributed by atoms with E-state index in [1.165, 1.54) is 0 Å². The smallest absolute Gasteiger partial charge is 0.136 e. The van der Waals surface area contributed by atoms with Crippen molar-refractivity contribution in [1.29, 1.82) is 0 Å². The van der Waals surface area contributed by atoms with E-state index in [1.807, 2.05) is 0 Å². The molecule has 2 nitrogen and oxygen atoms in total. The standard InChI is InChI=1S/C4H6Cl4O2/c5-3(6)1(9)2(10)4(7)8/h1-4,9-10H. The summed E-state index contributed by atoms with van der Waals surface area (Å²) in [5.74, 6) is 0. The summed E-state index contributed by atoms with van der Waals surface area (Å²) in [6, 6.07) is 0. The summed E-state index contributed by atoms with van der Waals surface area (Å²) in [6.07, 6.45) is -2.63. The molecule has 0 aromatic rings. The van der Waals surface area contributed by atoms with Crippen molar-refractivity contribution in [2.75, 3.05) is 0 Å². The van der Waals surface area contributed by atoms with E-state index in [9.17, 15) is 0 Å². The van der Waals surface area contributed by atoms with E-state index in [2.05, 4.69) is 0 Å². The predicted octanol–water partition coefficient (Wildman–Crippen LogP) is 1.32. The van der Waals surface area contributed by atoms with Crippen LogP contribution in [-0.4, -0.2) is 32.1 Å². The average Bonchev–Trinajstić information content (AvgIpc) is 1.84. The third-order valence-electron chi connectivity index (χ3n) is 0.866. The lowest BCUT2D eigenvalue weighted by molar-refractivity contribution is 0.0367. The Morgan fingerprint density at radius 1 is 0.700 bits per heavy atom. The van der Waals surface area contributed by atoms with Crippen LogP contribution < -0.4 is 0 Å². The van der Waals surface area contributed by atoms with Crippen molar-refractivity contribution in [3.63, 3.8) is 0 Å². The molecule has 0 spiro atoms. The van der Waals surface area contributed by atoms with Gasteiger partial charge in [-0.1, -0.05) is 0 Å². The van der Waals surface area contributed by atoms with Crippen LogP contribution in [0.5, 0.6) is 0 Å². The van der Waals surface area contributed by atoms with Crippen molar-refractivity contribution in [2.24, 2.45) is 0 Å². The van der Waals surface area contributed by atoms with Crippen LogP contribution in [0.2, 0.25) is 0 Å². The number of alkyl halides is 4. The molecular formula is C4H6Cl4O2. The molecule has 0 amide bonds. The second kappa shape index (κ2) is 4.86. The van der Waals surface area contributed by atoms with Gasteiger partial charge in [0.2, 0.25) is 0 Å². The molecule has 2 N–H and O–H groups in total. The van der Waals surface area contributed by atoms with E-state index in [0.717, 1.165) is 0 Å². The molecule has 2 atom stereocenters. The van der Waals surface area contributed by atoms with Gasteiger partial charge in [0, 0.05) is 0 Å². The molecule has 6 heteroatoms. The fraction of sp³-hybridized carbons (Fsp3) is 1.00. The summed E-state index contributed by atoms with van der Waals surface area (Å²) < 4.78 is 0. The molecule has 0 bridgehead atoms. The third kappa shape index (κ3) is 3.46. The zero-order chi connectivity index (χ0) is 8.31. The SMILES string of the molecule is OC(C(Cl)Cl)C(O)C(Cl)Cl. The van der Waals surface area contributed by atoms with Gasteiger partial charge in [-0.25, -0.2) is 0 Å². The highest BCUT2D eigenvalue weighted by Gasteiger charge is 2.27. The molecule has 0 saturated heterocycles. The van der Waals surface area contributed by atoms with Gasteiger partial charge in [0.15, 0.2) is 0 Å². The van der Waals surface area contributed by atoms with E-state index < -0.39 is 21.9 Å². The summed E-state index contributed by atoms with van der Waals surface area (Å²) in [5.41, 5.74) is 0. The van der Waals surface area contributed by atoms with Crippen LogP contribution in [0.3, 0.4) is 0 Å². The Balaban J connectivity index is 3.81. The minimum absolute atomic E-state index is 1.09. The monoisotopic (exact) mass is 226 g/mol. The van der Waals surface area contributed by atoms with E-state index in [-0.39, 0.29) is 0 Å². The lowest BCUT2D eigenvalue weighted by Gasteiger charge is -2.18. The summed E-state index contributed by atoms with van der Waals surface area (Å²) in [6.45, 7) is 0. The Kier molecular flexibility index (Phi) is 5.38. The molecular weight excluding hydrogens is 222 g/mol. The maximum absolute atomic E-state index is 8.88. The van der Waals surface area contributed by atoms with Gasteiger partial charge in [-0.2, -0.15) is 0 Å². The molecule has 0 aromatic heterocycles. The minimum atomic E-state index is -1.32. The molecule has 0 heterocycles. The van der Waals surface area contributed by atoms with Gasteiger partial charge in [0.05, 0.1) is 0 Å². The quantitative estimate of drug-likeness (QED) is 0.715. The molecule has 0 aliphatic heterocycles. The van der Waals surface area contributed by atoms with Crippen LogP contribution in [0.25, 0.3) is 0 Å². The zero-order valence-corrected chi connectivity index (χ0v) is 7.74. The van der Waals surface area contributed by atoms with Crippen molar-refractivity contribution in [2.45, 2.75) is 21.9 Å². The summed E-state index contributed by atoms with van der Waals surface area (Å²) in [4.78, 5) is -2.18. The van der Waals surface area contributed by atoms with Gasteiger partial charge < -0.3 is 10.2 Å². The van der Waals surface area contributed by atoms with Gasteiger partial charge in [-0.05, 0) is 0 Å². The number of aliphatic hydroxyl groups excluding tert-OH is 2. The lowest BCUT2D eigenvalue weighted by atomic mass is 10.2. The van der Waals surface area contributed by atoms with Gasteiger partial charge in [-0.15, -0.1) is 46.4 Å². The molecule has 0 fully saturated rings. The Morgan fingerprint density at radius 3 is 1.00 bits per heavy atom. The van der Waals surface area contributed by atoms with Crippen molar-refractivity contribution < 1.29 is 10.2 Å². The van der Waals surface area contributed by atoms with Gasteiger partial charge in [-0.3, -0.25) is 0 Å². The molecule has 62 valence electrons. The van der Waals surface area contributed by atoms with Crippen LogP contribution >= 0.6 is 46.4 Å². The van der Waals surface area contributed by atoms with Crippen LogP contribution in [0.15, 0.2) is 0 Å². The molecule has 0 aliphatic rings. The lowest BCUT2D eigenvalue weighted by Crippen LogP contribution is -2.36.